The number of amides is 1. The lowest BCUT2D eigenvalue weighted by molar-refractivity contribution is -0.134. The second-order valence-corrected chi connectivity index (χ2v) is 7.96. The van der Waals surface area contributed by atoms with Gasteiger partial charge >= 0.3 is 0 Å². The molecule has 1 heterocycles. The molecule has 0 atom stereocenters. The lowest BCUT2D eigenvalue weighted by Gasteiger charge is -2.25. The quantitative estimate of drug-likeness (QED) is 0.452. The highest BCUT2D eigenvalue weighted by Crippen LogP contribution is 2.29. The number of hydrogen-bond acceptors (Lipinski definition) is 3. The maximum Gasteiger partial charge on any atom is 0.263 e. The van der Waals surface area contributed by atoms with Gasteiger partial charge in [0, 0.05) is 40.8 Å². The molecular weight excluding hydrogens is 356 g/mol. The summed E-state index contributed by atoms with van der Waals surface area (Å²) >= 11 is 1.77. The number of rotatable bonds is 8. The SMILES string of the molecule is CCn1cc(SCCNC(=O)C(C)(C)Oc2ccccc2)c2ccccc21. The third-order valence-electron chi connectivity index (χ3n) is 4.40. The molecule has 0 spiro atoms. The lowest BCUT2D eigenvalue weighted by atomic mass is 10.1. The number of hydrogen-bond donors (Lipinski definition) is 1. The summed E-state index contributed by atoms with van der Waals surface area (Å²) in [6.45, 7) is 7.27. The summed E-state index contributed by atoms with van der Waals surface area (Å²) in [5.74, 6) is 1.40. The van der Waals surface area contributed by atoms with Crippen LogP contribution in [0.1, 0.15) is 20.8 Å². The topological polar surface area (TPSA) is 43.3 Å². The molecule has 1 N–H and O–H groups in total. The van der Waals surface area contributed by atoms with Crippen LogP contribution in [0.3, 0.4) is 0 Å². The van der Waals surface area contributed by atoms with Gasteiger partial charge in [0.1, 0.15) is 5.75 Å². The largest absolute Gasteiger partial charge is 0.478 e. The second kappa shape index (κ2) is 8.53. The van der Waals surface area contributed by atoms with Gasteiger partial charge in [-0.25, -0.2) is 0 Å². The number of ether oxygens (including phenoxy) is 1. The van der Waals surface area contributed by atoms with E-state index < -0.39 is 5.60 Å². The molecule has 0 aliphatic carbocycles. The molecule has 0 saturated carbocycles. The van der Waals surface area contributed by atoms with Crippen LogP contribution in [0.25, 0.3) is 10.9 Å². The number of nitrogens with one attached hydrogen (secondary N) is 1. The standard InChI is InChI=1S/C22H26N2O2S/c1-4-24-16-20(18-12-8-9-13-19(18)24)27-15-14-23-21(25)22(2,3)26-17-10-6-5-7-11-17/h5-13,16H,4,14-15H2,1-3H3,(H,23,25). The monoisotopic (exact) mass is 382 g/mol. The molecule has 5 heteroatoms. The van der Waals surface area contributed by atoms with Crippen molar-refractivity contribution in [2.45, 2.75) is 37.8 Å². The van der Waals surface area contributed by atoms with E-state index in [1.807, 2.05) is 30.3 Å². The van der Waals surface area contributed by atoms with Gasteiger partial charge in [-0.2, -0.15) is 0 Å². The molecule has 27 heavy (non-hydrogen) atoms. The molecule has 0 bridgehead atoms. The van der Waals surface area contributed by atoms with Crippen molar-refractivity contribution in [3.05, 3.63) is 60.8 Å². The van der Waals surface area contributed by atoms with Crippen LogP contribution in [0.2, 0.25) is 0 Å². The van der Waals surface area contributed by atoms with E-state index in [9.17, 15) is 4.79 Å². The van der Waals surface area contributed by atoms with Crippen molar-refractivity contribution in [1.29, 1.82) is 0 Å². The predicted octanol–water partition coefficient (Wildman–Crippen LogP) is 4.73. The molecule has 142 valence electrons. The van der Waals surface area contributed by atoms with E-state index in [2.05, 4.69) is 47.3 Å². The van der Waals surface area contributed by atoms with E-state index in [-0.39, 0.29) is 5.91 Å². The Kier molecular flexibility index (Phi) is 6.11. The van der Waals surface area contributed by atoms with Gasteiger partial charge < -0.3 is 14.6 Å². The molecular formula is C22H26N2O2S. The van der Waals surface area contributed by atoms with E-state index in [1.54, 1.807) is 25.6 Å². The maximum atomic E-state index is 12.5. The Labute approximate surface area is 164 Å². The van der Waals surface area contributed by atoms with Crippen molar-refractivity contribution in [2.24, 2.45) is 0 Å². The average Bonchev–Trinajstić information content (AvgIpc) is 3.03. The minimum absolute atomic E-state index is 0.108. The first-order chi connectivity index (χ1) is 13.0. The van der Waals surface area contributed by atoms with Crippen molar-refractivity contribution in [2.75, 3.05) is 12.3 Å². The Bertz CT molecular complexity index is 903. The fourth-order valence-corrected chi connectivity index (χ4v) is 3.91. The average molecular weight is 383 g/mol. The van der Waals surface area contributed by atoms with Gasteiger partial charge in [-0.15, -0.1) is 11.8 Å². The Balaban J connectivity index is 1.53. The number of nitrogens with zero attached hydrogens (tertiary/aromatic N) is 1. The molecule has 2 aromatic carbocycles. The number of benzene rings is 2. The maximum absolute atomic E-state index is 12.5. The number of aryl methyl sites for hydroxylation is 1. The number of thioether (sulfide) groups is 1. The van der Waals surface area contributed by atoms with Crippen molar-refractivity contribution in [3.63, 3.8) is 0 Å². The summed E-state index contributed by atoms with van der Waals surface area (Å²) in [7, 11) is 0. The molecule has 3 rings (SSSR count). The molecule has 0 fully saturated rings. The zero-order valence-electron chi connectivity index (χ0n) is 16.1. The first-order valence-corrected chi connectivity index (χ1v) is 10.2. The van der Waals surface area contributed by atoms with E-state index in [1.165, 1.54) is 15.8 Å². The third-order valence-corrected chi connectivity index (χ3v) is 5.45. The van der Waals surface area contributed by atoms with Gasteiger partial charge in [0.25, 0.3) is 5.91 Å². The number of aromatic nitrogens is 1. The summed E-state index contributed by atoms with van der Waals surface area (Å²) in [6.07, 6.45) is 2.19. The van der Waals surface area contributed by atoms with Crippen LogP contribution in [0.4, 0.5) is 0 Å². The summed E-state index contributed by atoms with van der Waals surface area (Å²) in [5.41, 5.74) is 0.341. The van der Waals surface area contributed by atoms with Crippen LogP contribution in [0, 0.1) is 0 Å². The highest BCUT2D eigenvalue weighted by atomic mass is 32.2. The van der Waals surface area contributed by atoms with Gasteiger partial charge in [-0.3, -0.25) is 4.79 Å². The van der Waals surface area contributed by atoms with E-state index in [0.717, 1.165) is 12.3 Å². The van der Waals surface area contributed by atoms with Crippen molar-refractivity contribution in [3.8, 4) is 5.75 Å². The number of para-hydroxylation sites is 2. The summed E-state index contributed by atoms with van der Waals surface area (Å²) in [5, 5.41) is 4.26. The van der Waals surface area contributed by atoms with E-state index in [0.29, 0.717) is 12.3 Å². The van der Waals surface area contributed by atoms with Crippen LogP contribution < -0.4 is 10.1 Å². The molecule has 0 saturated heterocycles. The molecule has 0 unspecified atom stereocenters. The minimum Gasteiger partial charge on any atom is -0.478 e. The fraction of sp³-hybridized carbons (Fsp3) is 0.318. The van der Waals surface area contributed by atoms with Gasteiger partial charge in [0.05, 0.1) is 0 Å². The Hall–Kier alpha value is -2.40. The molecule has 3 aromatic rings. The molecule has 0 aliphatic rings. The Morgan fingerprint density at radius 1 is 1.11 bits per heavy atom. The zero-order valence-corrected chi connectivity index (χ0v) is 16.9. The normalized spacial score (nSPS) is 11.5. The first kappa shape index (κ1) is 19.4. The van der Waals surface area contributed by atoms with Gasteiger partial charge in [-0.05, 0) is 39.0 Å². The highest BCUT2D eigenvalue weighted by molar-refractivity contribution is 7.99. The minimum atomic E-state index is -0.912. The van der Waals surface area contributed by atoms with Crippen molar-refractivity contribution < 1.29 is 9.53 Å². The van der Waals surface area contributed by atoms with Crippen molar-refractivity contribution in [1.82, 2.24) is 9.88 Å². The first-order valence-electron chi connectivity index (χ1n) is 9.24. The van der Waals surface area contributed by atoms with Gasteiger partial charge in [-0.1, -0.05) is 36.4 Å². The van der Waals surface area contributed by atoms with Crippen LogP contribution in [0.5, 0.6) is 5.75 Å². The molecule has 4 nitrogen and oxygen atoms in total. The third kappa shape index (κ3) is 4.66. The second-order valence-electron chi connectivity index (χ2n) is 6.83. The zero-order chi connectivity index (χ0) is 19.3. The summed E-state index contributed by atoms with van der Waals surface area (Å²) < 4.78 is 8.09. The van der Waals surface area contributed by atoms with Gasteiger partial charge in [0.15, 0.2) is 5.60 Å². The predicted molar refractivity (Wildman–Crippen MR) is 112 cm³/mol. The lowest BCUT2D eigenvalue weighted by Crippen LogP contribution is -2.47. The van der Waals surface area contributed by atoms with Gasteiger partial charge in [0.2, 0.25) is 0 Å². The smallest absolute Gasteiger partial charge is 0.263 e. The fourth-order valence-electron chi connectivity index (χ4n) is 2.96. The Morgan fingerprint density at radius 2 is 1.81 bits per heavy atom. The summed E-state index contributed by atoms with van der Waals surface area (Å²) in [6, 6.07) is 17.9. The highest BCUT2D eigenvalue weighted by Gasteiger charge is 2.29. The Morgan fingerprint density at radius 3 is 2.56 bits per heavy atom. The molecule has 0 aliphatic heterocycles. The van der Waals surface area contributed by atoms with E-state index in [4.69, 9.17) is 4.74 Å². The van der Waals surface area contributed by atoms with Crippen LogP contribution in [-0.4, -0.2) is 28.4 Å². The van der Waals surface area contributed by atoms with Crippen LogP contribution in [0.15, 0.2) is 65.7 Å². The molecule has 0 radical (unpaired) electrons. The van der Waals surface area contributed by atoms with Crippen LogP contribution in [-0.2, 0) is 11.3 Å². The molecule has 1 aromatic heterocycles. The molecule has 1 amide bonds. The number of carbonyl (C=O) groups is 1. The van der Waals surface area contributed by atoms with Crippen LogP contribution >= 0.6 is 11.8 Å². The summed E-state index contributed by atoms with van der Waals surface area (Å²) in [4.78, 5) is 13.7. The number of fused-ring (bicyclic) bond motifs is 1. The number of carbonyl (C=O) groups excluding carboxylic acids is 1. The van der Waals surface area contributed by atoms with E-state index >= 15 is 0 Å². The van der Waals surface area contributed by atoms with Crippen molar-refractivity contribution >= 4 is 28.6 Å².